The second-order valence-electron chi connectivity index (χ2n) is 6.13. The molecule has 144 valence electrons. The van der Waals surface area contributed by atoms with Crippen LogP contribution in [0.3, 0.4) is 0 Å². The molecule has 0 fully saturated rings. The number of fused-ring (bicyclic) bond motifs is 1. The van der Waals surface area contributed by atoms with Gasteiger partial charge in [-0.25, -0.2) is 0 Å². The Bertz CT molecular complexity index is 816. The molecule has 6 heteroatoms. The Balaban J connectivity index is 1.92. The number of benzene rings is 2. The van der Waals surface area contributed by atoms with Gasteiger partial charge in [0.25, 0.3) is 6.64 Å². The molecule has 1 heterocycles. The smallest absolute Gasteiger partial charge is 0.290 e. The van der Waals surface area contributed by atoms with Gasteiger partial charge in [0.1, 0.15) is 0 Å². The molecule has 3 rings (SSSR count). The fourth-order valence-corrected chi connectivity index (χ4v) is 7.03. The first-order valence-corrected chi connectivity index (χ1v) is 12.9. The zero-order valence-corrected chi connectivity index (χ0v) is 18.4. The topological polar surface area (TPSA) is 21.7 Å². The predicted octanol–water partition coefficient (Wildman–Crippen LogP) is 6.07. The van der Waals surface area contributed by atoms with E-state index in [1.807, 2.05) is 19.9 Å². The standard InChI is InChI=1S/C21H26NO2PS2/c1-3-23-25(26,24-4-2)22-15-14-19-12-8-9-13-20(19)21(22)17-27-16-18-10-6-5-7-11-18/h5-13,17H,3-4,14-16H2,1-2H3. The molecule has 0 bridgehead atoms. The van der Waals surface area contributed by atoms with E-state index >= 15 is 0 Å². The average molecular weight is 420 g/mol. The minimum Gasteiger partial charge on any atom is -0.314 e. The third kappa shape index (κ3) is 5.04. The summed E-state index contributed by atoms with van der Waals surface area (Å²) in [5, 5.41) is 2.23. The summed E-state index contributed by atoms with van der Waals surface area (Å²) in [6.07, 6.45) is 0.954. The van der Waals surface area contributed by atoms with Crippen LogP contribution in [0.4, 0.5) is 0 Å². The van der Waals surface area contributed by atoms with Crippen molar-refractivity contribution < 1.29 is 9.05 Å². The van der Waals surface area contributed by atoms with Crippen molar-refractivity contribution in [1.82, 2.24) is 4.67 Å². The summed E-state index contributed by atoms with van der Waals surface area (Å²) in [5.41, 5.74) is 5.03. The lowest BCUT2D eigenvalue weighted by Gasteiger charge is -2.39. The predicted molar refractivity (Wildman–Crippen MR) is 120 cm³/mol. The molecular formula is C21H26NO2PS2. The molecule has 0 saturated heterocycles. The first kappa shape index (κ1) is 20.6. The third-order valence-corrected chi connectivity index (χ3v) is 8.62. The maximum absolute atomic E-state index is 6.00. The number of hydrogen-bond donors (Lipinski definition) is 0. The van der Waals surface area contributed by atoms with Crippen LogP contribution in [0.15, 0.2) is 60.0 Å². The zero-order chi connectivity index (χ0) is 19.1. The molecule has 0 unspecified atom stereocenters. The van der Waals surface area contributed by atoms with E-state index in [1.165, 1.54) is 16.7 Å². The lowest BCUT2D eigenvalue weighted by Crippen LogP contribution is -2.28. The van der Waals surface area contributed by atoms with Crippen LogP contribution in [0.5, 0.6) is 0 Å². The fourth-order valence-electron chi connectivity index (χ4n) is 3.15. The van der Waals surface area contributed by atoms with Crippen LogP contribution in [-0.2, 0) is 33.0 Å². The summed E-state index contributed by atoms with van der Waals surface area (Å²) < 4.78 is 14.2. The van der Waals surface area contributed by atoms with Gasteiger partial charge in [-0.3, -0.25) is 0 Å². The van der Waals surface area contributed by atoms with E-state index in [9.17, 15) is 0 Å². The second kappa shape index (κ2) is 9.90. The monoisotopic (exact) mass is 419 g/mol. The van der Waals surface area contributed by atoms with Crippen molar-refractivity contribution in [3.63, 3.8) is 0 Å². The van der Waals surface area contributed by atoms with Gasteiger partial charge in [0.2, 0.25) is 0 Å². The van der Waals surface area contributed by atoms with Crippen molar-refractivity contribution in [2.24, 2.45) is 0 Å². The van der Waals surface area contributed by atoms with Gasteiger partial charge in [-0.2, -0.15) is 0 Å². The molecule has 0 N–H and O–H groups in total. The van der Waals surface area contributed by atoms with Crippen molar-refractivity contribution in [2.75, 3.05) is 19.8 Å². The molecule has 27 heavy (non-hydrogen) atoms. The number of rotatable bonds is 8. The molecule has 0 aromatic heterocycles. The largest absolute Gasteiger partial charge is 0.314 e. The highest BCUT2D eigenvalue weighted by molar-refractivity contribution is 8.09. The number of thioether (sulfide) groups is 1. The average Bonchev–Trinajstić information content (AvgIpc) is 2.69. The molecule has 2 aromatic carbocycles. The molecule has 1 aliphatic rings. The van der Waals surface area contributed by atoms with Gasteiger partial charge in [-0.05, 0) is 48.6 Å². The maximum atomic E-state index is 6.00. The quantitative estimate of drug-likeness (QED) is 0.483. The van der Waals surface area contributed by atoms with Crippen LogP contribution in [0.25, 0.3) is 5.70 Å². The lowest BCUT2D eigenvalue weighted by atomic mass is 9.99. The fraction of sp³-hybridized carbons (Fsp3) is 0.333. The zero-order valence-electron chi connectivity index (χ0n) is 15.8. The highest BCUT2D eigenvalue weighted by Crippen LogP contribution is 2.57. The van der Waals surface area contributed by atoms with E-state index in [-0.39, 0.29) is 0 Å². The Morgan fingerprint density at radius 3 is 2.41 bits per heavy atom. The Kier molecular flexibility index (Phi) is 7.57. The Hall–Kier alpha value is -1.10. The van der Waals surface area contributed by atoms with Gasteiger partial charge in [0.05, 0.1) is 18.9 Å². The van der Waals surface area contributed by atoms with Gasteiger partial charge >= 0.3 is 0 Å². The molecule has 0 aliphatic carbocycles. The molecule has 1 aliphatic heterocycles. The molecule has 0 radical (unpaired) electrons. The Morgan fingerprint density at radius 2 is 1.70 bits per heavy atom. The summed E-state index contributed by atoms with van der Waals surface area (Å²) in [7, 11) is 0. The number of nitrogens with zero attached hydrogens (tertiary/aromatic N) is 1. The molecule has 2 aromatic rings. The summed E-state index contributed by atoms with van der Waals surface area (Å²) in [4.78, 5) is 0. The second-order valence-corrected chi connectivity index (χ2v) is 10.3. The Labute approximate surface area is 172 Å². The van der Waals surface area contributed by atoms with Crippen LogP contribution < -0.4 is 0 Å². The normalized spacial score (nSPS) is 15.8. The van der Waals surface area contributed by atoms with Crippen molar-refractivity contribution in [1.29, 1.82) is 0 Å². The van der Waals surface area contributed by atoms with Crippen molar-refractivity contribution >= 4 is 35.9 Å². The molecule has 3 nitrogen and oxygen atoms in total. The van der Waals surface area contributed by atoms with E-state index in [4.69, 9.17) is 20.9 Å². The lowest BCUT2D eigenvalue weighted by molar-refractivity contribution is 0.234. The summed E-state index contributed by atoms with van der Waals surface area (Å²) in [5.74, 6) is 0.923. The molecule has 0 amide bonds. The molecule has 0 saturated carbocycles. The summed E-state index contributed by atoms with van der Waals surface area (Å²) in [6, 6.07) is 19.1. The van der Waals surface area contributed by atoms with E-state index < -0.39 is 6.64 Å². The van der Waals surface area contributed by atoms with Gasteiger partial charge in [-0.1, -0.05) is 54.6 Å². The van der Waals surface area contributed by atoms with Crippen molar-refractivity contribution in [3.8, 4) is 0 Å². The highest BCUT2D eigenvalue weighted by Gasteiger charge is 2.33. The minimum atomic E-state index is -2.53. The first-order valence-electron chi connectivity index (χ1n) is 9.29. The van der Waals surface area contributed by atoms with Gasteiger partial charge in [0.15, 0.2) is 0 Å². The van der Waals surface area contributed by atoms with E-state index in [1.54, 1.807) is 11.8 Å². The van der Waals surface area contributed by atoms with Crippen molar-refractivity contribution in [2.45, 2.75) is 26.0 Å². The van der Waals surface area contributed by atoms with Crippen LogP contribution in [0, 0.1) is 0 Å². The van der Waals surface area contributed by atoms with E-state index in [2.05, 4.69) is 58.6 Å². The van der Waals surface area contributed by atoms with Crippen LogP contribution in [0.1, 0.15) is 30.5 Å². The Morgan fingerprint density at radius 1 is 1.04 bits per heavy atom. The first-order chi connectivity index (χ1) is 13.2. The summed E-state index contributed by atoms with van der Waals surface area (Å²) in [6.45, 7) is 3.36. The highest BCUT2D eigenvalue weighted by atomic mass is 32.5. The minimum absolute atomic E-state index is 0.555. The van der Waals surface area contributed by atoms with Gasteiger partial charge < -0.3 is 13.7 Å². The third-order valence-electron chi connectivity index (χ3n) is 4.33. The van der Waals surface area contributed by atoms with Gasteiger partial charge in [0, 0.05) is 17.9 Å². The summed E-state index contributed by atoms with van der Waals surface area (Å²) >= 11 is 7.70. The maximum Gasteiger partial charge on any atom is 0.290 e. The van der Waals surface area contributed by atoms with E-state index in [0.717, 1.165) is 24.4 Å². The van der Waals surface area contributed by atoms with Gasteiger partial charge in [-0.15, -0.1) is 11.8 Å². The number of hydrogen-bond acceptors (Lipinski definition) is 4. The van der Waals surface area contributed by atoms with E-state index in [0.29, 0.717) is 13.2 Å². The molecule has 0 atom stereocenters. The molecular weight excluding hydrogens is 393 g/mol. The van der Waals surface area contributed by atoms with Crippen LogP contribution >= 0.6 is 18.4 Å². The van der Waals surface area contributed by atoms with Crippen LogP contribution in [0.2, 0.25) is 0 Å². The van der Waals surface area contributed by atoms with Crippen molar-refractivity contribution in [3.05, 3.63) is 76.7 Å². The molecule has 0 spiro atoms. The van der Waals surface area contributed by atoms with Crippen LogP contribution in [-0.4, -0.2) is 24.4 Å². The SMILES string of the molecule is CCOP(=S)(OCC)N1CCc2ccccc2C1=CSCc1ccccc1.